The molecule has 0 aromatic carbocycles. The van der Waals surface area contributed by atoms with Crippen LogP contribution in [0.3, 0.4) is 0 Å². The summed E-state index contributed by atoms with van der Waals surface area (Å²) in [4.78, 5) is 4.94. The quantitative estimate of drug-likeness (QED) is 0.180. The van der Waals surface area contributed by atoms with Gasteiger partial charge in [-0.05, 0) is 32.6 Å². The van der Waals surface area contributed by atoms with Gasteiger partial charge in [-0.15, -0.1) is 0 Å². The van der Waals surface area contributed by atoms with Gasteiger partial charge in [-0.2, -0.15) is 11.5 Å². The second-order valence-corrected chi connectivity index (χ2v) is 4.26. The molecule has 1 aliphatic heterocycles. The Balaban J connectivity index is -0.0000000638. The molecule has 1 heterocycles. The summed E-state index contributed by atoms with van der Waals surface area (Å²) in [5.41, 5.74) is 0. The van der Waals surface area contributed by atoms with Crippen molar-refractivity contribution < 1.29 is 64.5 Å². The SMILES string of the molecule is [Br-].[C-]#[O+].[C-]#[O+].[C-]#[O+].[Mn+2].[Ni].[S-]CCN1CCCN(CC[S-])CC1. The molecule has 0 amide bonds. The second kappa shape index (κ2) is 38.1. The summed E-state index contributed by atoms with van der Waals surface area (Å²) in [6.07, 6.45) is 1.27. The molecule has 0 atom stereocenters. The molecule has 0 aromatic heterocycles. The monoisotopic (exact) mass is 494 g/mol. The van der Waals surface area contributed by atoms with E-state index >= 15 is 0 Å². The van der Waals surface area contributed by atoms with E-state index in [-0.39, 0.29) is 50.5 Å². The van der Waals surface area contributed by atoms with E-state index in [1.54, 1.807) is 0 Å². The van der Waals surface area contributed by atoms with Gasteiger partial charge in [0.25, 0.3) is 0 Å². The first kappa shape index (κ1) is 38.7. The summed E-state index contributed by atoms with van der Waals surface area (Å²) in [5.74, 6) is 1.72. The van der Waals surface area contributed by atoms with Crippen LogP contribution < -0.4 is 17.0 Å². The number of halogens is 1. The smallest absolute Gasteiger partial charge is 0.791 e. The molecule has 0 bridgehead atoms. The van der Waals surface area contributed by atoms with Crippen LogP contribution in [0.2, 0.25) is 0 Å². The van der Waals surface area contributed by atoms with Crippen LogP contribution in [-0.4, -0.2) is 60.6 Å². The van der Waals surface area contributed by atoms with Crippen molar-refractivity contribution in [1.29, 1.82) is 0 Å². The molecule has 0 saturated carbocycles. The van der Waals surface area contributed by atoms with Crippen LogP contribution in [0.1, 0.15) is 6.42 Å². The van der Waals surface area contributed by atoms with Gasteiger partial charge >= 0.3 is 51.0 Å². The number of hydrogen-bond acceptors (Lipinski definition) is 4. The summed E-state index contributed by atoms with van der Waals surface area (Å²) in [7, 11) is 0. The Morgan fingerprint density at radius 1 is 0.727 bits per heavy atom. The fourth-order valence-electron chi connectivity index (χ4n) is 1.73. The molecule has 131 valence electrons. The Morgan fingerprint density at radius 2 is 1.00 bits per heavy atom. The third kappa shape index (κ3) is 26.2. The molecule has 22 heavy (non-hydrogen) atoms. The van der Waals surface area contributed by atoms with Crippen molar-refractivity contribution in [3.05, 3.63) is 20.0 Å². The molecule has 1 saturated heterocycles. The molecule has 1 fully saturated rings. The number of nitrogens with zero attached hydrogens (tertiary/aromatic N) is 2. The van der Waals surface area contributed by atoms with Gasteiger partial charge in [0.15, 0.2) is 0 Å². The van der Waals surface area contributed by atoms with Crippen molar-refractivity contribution in [2.75, 3.05) is 50.8 Å². The summed E-state index contributed by atoms with van der Waals surface area (Å²) >= 11 is 9.97. The maximum absolute atomic E-state index is 7.50. The molecule has 0 spiro atoms. The average molecular weight is 496 g/mol. The van der Waals surface area contributed by atoms with Crippen LogP contribution in [0.15, 0.2) is 0 Å². The summed E-state index contributed by atoms with van der Waals surface area (Å²) < 4.78 is 22.5. The van der Waals surface area contributed by atoms with Gasteiger partial charge in [0.2, 0.25) is 0 Å². The van der Waals surface area contributed by atoms with Crippen molar-refractivity contribution in [1.82, 2.24) is 9.80 Å². The van der Waals surface area contributed by atoms with E-state index in [4.69, 9.17) is 39.2 Å². The third-order valence-electron chi connectivity index (χ3n) is 2.50. The molecule has 1 radical (unpaired) electrons. The van der Waals surface area contributed by atoms with Gasteiger partial charge < -0.3 is 52.0 Å². The summed E-state index contributed by atoms with van der Waals surface area (Å²) in [6, 6.07) is 0. The Labute approximate surface area is 175 Å². The van der Waals surface area contributed by atoms with Crippen LogP contribution in [0.5, 0.6) is 0 Å². The largest absolute Gasteiger partial charge is 2.00 e. The topological polar surface area (TPSA) is 66.2 Å². The van der Waals surface area contributed by atoms with Gasteiger partial charge in [-0.1, -0.05) is 0 Å². The third-order valence-corrected chi connectivity index (χ3v) is 2.86. The zero-order valence-electron chi connectivity index (χ0n) is 11.9. The summed E-state index contributed by atoms with van der Waals surface area (Å²) in [6.45, 7) is 20.4. The number of hydrogen-bond donors (Lipinski definition) is 0. The zero-order chi connectivity index (χ0) is 15.5. The van der Waals surface area contributed by atoms with Gasteiger partial charge in [-0.25, -0.2) is 0 Å². The van der Waals surface area contributed by atoms with Crippen molar-refractivity contribution in [3.63, 3.8) is 0 Å². The standard InChI is InChI=1S/C9H20N2S2.3CO.BrH.Mn.Ni/c12-8-6-10-2-1-3-11(5-4-10)7-9-13;3*1-2;;;/h12-13H,1-9H2;;;;1H;;/q;;;;;+2;/p-3. The molecular formula is C12H18BrMnN2NiO3S2-. The molecule has 0 aromatic rings. The van der Waals surface area contributed by atoms with Crippen molar-refractivity contribution in [3.8, 4) is 0 Å². The molecule has 5 nitrogen and oxygen atoms in total. The first-order valence-corrected chi connectivity index (χ1v) is 6.74. The van der Waals surface area contributed by atoms with Gasteiger partial charge in [0.05, 0.1) is 0 Å². The maximum Gasteiger partial charge on any atom is 2.00 e. The Bertz CT molecular complexity index is 224. The predicted molar refractivity (Wildman–Crippen MR) is 73.7 cm³/mol. The molecule has 0 unspecified atom stereocenters. The average Bonchev–Trinajstić information content (AvgIpc) is 2.72. The van der Waals surface area contributed by atoms with Crippen molar-refractivity contribution >= 4 is 25.3 Å². The molecule has 0 N–H and O–H groups in total. The maximum atomic E-state index is 7.50. The molecule has 1 rings (SSSR count). The first-order chi connectivity index (χ1) is 9.36. The predicted octanol–water partition coefficient (Wildman–Crippen LogP) is -3.03. The van der Waals surface area contributed by atoms with E-state index in [0.717, 1.165) is 24.6 Å². The van der Waals surface area contributed by atoms with Crippen LogP contribution in [0, 0.1) is 20.0 Å². The van der Waals surface area contributed by atoms with Crippen LogP contribution in [-0.2, 0) is 72.8 Å². The van der Waals surface area contributed by atoms with Gasteiger partial charge in [-0.3, -0.25) is 0 Å². The second-order valence-electron chi connectivity index (χ2n) is 3.45. The Morgan fingerprint density at radius 3 is 1.23 bits per heavy atom. The fourth-order valence-corrected chi connectivity index (χ4v) is 2.25. The van der Waals surface area contributed by atoms with E-state index in [0.29, 0.717) is 0 Å². The minimum Gasteiger partial charge on any atom is -0.791 e. The Kier molecular flexibility index (Phi) is 67.1. The van der Waals surface area contributed by atoms with Gasteiger partial charge in [0, 0.05) is 29.6 Å². The number of rotatable bonds is 4. The Hall–Kier alpha value is 1.33. The van der Waals surface area contributed by atoms with Crippen LogP contribution in [0.4, 0.5) is 0 Å². The molecule has 1 aliphatic rings. The minimum absolute atomic E-state index is 0. The minimum atomic E-state index is 0. The van der Waals surface area contributed by atoms with E-state index in [1.807, 2.05) is 0 Å². The van der Waals surface area contributed by atoms with E-state index in [1.165, 1.54) is 32.6 Å². The van der Waals surface area contributed by atoms with E-state index < -0.39 is 0 Å². The zero-order valence-corrected chi connectivity index (χ0v) is 17.3. The molecule has 10 heteroatoms. The fraction of sp³-hybridized carbons (Fsp3) is 0.750. The van der Waals surface area contributed by atoms with Crippen molar-refractivity contribution in [2.24, 2.45) is 0 Å². The van der Waals surface area contributed by atoms with Crippen LogP contribution >= 0.6 is 0 Å². The summed E-state index contributed by atoms with van der Waals surface area (Å²) in [5, 5.41) is 0. The van der Waals surface area contributed by atoms with Gasteiger partial charge in [0.1, 0.15) is 0 Å². The molecular weight excluding hydrogens is 478 g/mol. The van der Waals surface area contributed by atoms with Crippen molar-refractivity contribution in [2.45, 2.75) is 6.42 Å². The van der Waals surface area contributed by atoms with Crippen LogP contribution in [0.25, 0.3) is 0 Å². The molecule has 0 aliphatic carbocycles. The normalized spacial score (nSPS) is 13.1. The van der Waals surface area contributed by atoms with E-state index in [2.05, 4.69) is 29.8 Å². The first-order valence-electron chi connectivity index (χ1n) is 5.59. The van der Waals surface area contributed by atoms with E-state index in [9.17, 15) is 0 Å².